The molecule has 6 nitrogen and oxygen atoms in total. The molecule has 2 heterocycles. The second kappa shape index (κ2) is 9.20. The van der Waals surface area contributed by atoms with Crippen LogP contribution >= 0.6 is 0 Å². The van der Waals surface area contributed by atoms with Crippen molar-refractivity contribution in [1.29, 1.82) is 0 Å². The lowest BCUT2D eigenvalue weighted by Gasteiger charge is -2.31. The van der Waals surface area contributed by atoms with Gasteiger partial charge in [-0.3, -0.25) is 9.69 Å². The Labute approximate surface area is 171 Å². The molecule has 0 radical (unpaired) electrons. The van der Waals surface area contributed by atoms with E-state index in [9.17, 15) is 4.79 Å². The number of rotatable bonds is 7. The van der Waals surface area contributed by atoms with E-state index in [4.69, 9.17) is 4.74 Å². The molecule has 1 amide bonds. The summed E-state index contributed by atoms with van der Waals surface area (Å²) in [7, 11) is 2.01. The van der Waals surface area contributed by atoms with Crippen molar-refractivity contribution in [3.8, 4) is 0 Å². The first-order valence-corrected chi connectivity index (χ1v) is 10.3. The summed E-state index contributed by atoms with van der Waals surface area (Å²) in [6.45, 7) is 4.11. The minimum Gasteiger partial charge on any atom is -0.379 e. The predicted molar refractivity (Wildman–Crippen MR) is 114 cm³/mol. The molecule has 0 spiro atoms. The molecule has 6 heteroatoms. The smallest absolute Gasteiger partial charge is 0.220 e. The number of para-hydroxylation sites is 2. The summed E-state index contributed by atoms with van der Waals surface area (Å²) in [6.07, 6.45) is 1.04. The van der Waals surface area contributed by atoms with Crippen LogP contribution in [0.4, 0.5) is 0 Å². The zero-order chi connectivity index (χ0) is 20.1. The van der Waals surface area contributed by atoms with Crippen LogP contribution in [0.25, 0.3) is 11.0 Å². The highest BCUT2D eigenvalue weighted by atomic mass is 16.5. The third kappa shape index (κ3) is 4.83. The lowest BCUT2D eigenvalue weighted by molar-refractivity contribution is -0.122. The lowest BCUT2D eigenvalue weighted by atomic mass is 10.1. The number of morpholine rings is 1. The van der Waals surface area contributed by atoms with Crippen LogP contribution in [0.5, 0.6) is 0 Å². The number of aryl methyl sites for hydroxylation is 2. The minimum absolute atomic E-state index is 0.0257. The number of carbonyl (C=O) groups is 1. The Morgan fingerprint density at radius 2 is 1.83 bits per heavy atom. The van der Waals surface area contributed by atoms with Crippen LogP contribution in [0.2, 0.25) is 0 Å². The van der Waals surface area contributed by atoms with Gasteiger partial charge in [0.15, 0.2) is 0 Å². The third-order valence-corrected chi connectivity index (χ3v) is 5.54. The molecule has 152 valence electrons. The molecule has 1 aliphatic rings. The summed E-state index contributed by atoms with van der Waals surface area (Å²) in [5.41, 5.74) is 3.20. The molecule has 1 unspecified atom stereocenters. The molecule has 1 aromatic heterocycles. The second-order valence-corrected chi connectivity index (χ2v) is 7.52. The van der Waals surface area contributed by atoms with Crippen molar-refractivity contribution in [2.75, 3.05) is 32.8 Å². The van der Waals surface area contributed by atoms with Crippen LogP contribution in [0.15, 0.2) is 54.6 Å². The number of aromatic nitrogens is 2. The first-order valence-electron chi connectivity index (χ1n) is 10.3. The fraction of sp³-hybridized carbons (Fsp3) is 0.391. The Bertz CT molecular complexity index is 948. The monoisotopic (exact) mass is 392 g/mol. The van der Waals surface area contributed by atoms with Crippen LogP contribution < -0.4 is 5.32 Å². The van der Waals surface area contributed by atoms with Crippen molar-refractivity contribution in [1.82, 2.24) is 19.8 Å². The van der Waals surface area contributed by atoms with Gasteiger partial charge >= 0.3 is 0 Å². The van der Waals surface area contributed by atoms with Gasteiger partial charge in [0.25, 0.3) is 0 Å². The molecule has 1 fully saturated rings. The summed E-state index contributed by atoms with van der Waals surface area (Å²) in [5.74, 6) is 0.991. The van der Waals surface area contributed by atoms with Gasteiger partial charge in [0.1, 0.15) is 5.82 Å². The number of carbonyl (C=O) groups excluding carboxylic acids is 1. The number of nitrogens with zero attached hydrogens (tertiary/aromatic N) is 3. The van der Waals surface area contributed by atoms with Crippen molar-refractivity contribution >= 4 is 16.9 Å². The molecule has 4 rings (SSSR count). The van der Waals surface area contributed by atoms with Gasteiger partial charge in [0.2, 0.25) is 5.91 Å². The third-order valence-electron chi connectivity index (χ3n) is 5.54. The van der Waals surface area contributed by atoms with Gasteiger partial charge in [-0.2, -0.15) is 0 Å². The van der Waals surface area contributed by atoms with Crippen molar-refractivity contribution in [3.63, 3.8) is 0 Å². The van der Waals surface area contributed by atoms with Crippen LogP contribution in [0, 0.1) is 0 Å². The van der Waals surface area contributed by atoms with Gasteiger partial charge in [0.05, 0.1) is 30.3 Å². The molecule has 1 atom stereocenters. The summed E-state index contributed by atoms with van der Waals surface area (Å²) < 4.78 is 7.53. The molecular formula is C23H28N4O2. The largest absolute Gasteiger partial charge is 0.379 e. The quantitative estimate of drug-likeness (QED) is 0.672. The molecule has 29 heavy (non-hydrogen) atoms. The summed E-state index contributed by atoms with van der Waals surface area (Å²) in [6, 6.07) is 18.2. The number of imidazole rings is 1. The fourth-order valence-electron chi connectivity index (χ4n) is 3.87. The topological polar surface area (TPSA) is 59.4 Å². The first kappa shape index (κ1) is 19.6. The molecule has 3 aromatic rings. The zero-order valence-corrected chi connectivity index (χ0v) is 16.9. The van der Waals surface area contributed by atoms with Crippen molar-refractivity contribution < 1.29 is 9.53 Å². The van der Waals surface area contributed by atoms with E-state index in [1.807, 2.05) is 43.4 Å². The van der Waals surface area contributed by atoms with E-state index in [1.54, 1.807) is 0 Å². The Kier molecular flexibility index (Phi) is 6.22. The van der Waals surface area contributed by atoms with Gasteiger partial charge in [0, 0.05) is 39.5 Å². The van der Waals surface area contributed by atoms with E-state index in [0.29, 0.717) is 12.8 Å². The summed E-state index contributed by atoms with van der Waals surface area (Å²) >= 11 is 0. The van der Waals surface area contributed by atoms with Crippen LogP contribution in [0.1, 0.15) is 23.9 Å². The van der Waals surface area contributed by atoms with E-state index < -0.39 is 0 Å². The van der Waals surface area contributed by atoms with E-state index in [-0.39, 0.29) is 11.9 Å². The molecule has 0 aliphatic carbocycles. The van der Waals surface area contributed by atoms with E-state index >= 15 is 0 Å². The highest BCUT2D eigenvalue weighted by molar-refractivity contribution is 5.78. The molecule has 0 saturated carbocycles. The summed E-state index contributed by atoms with van der Waals surface area (Å²) in [5, 5.41) is 3.25. The number of ether oxygens (including phenoxy) is 1. The fourth-order valence-corrected chi connectivity index (χ4v) is 3.87. The SMILES string of the molecule is Cn1c(CCC(=O)NC(CN2CCOCC2)c2ccccc2)nc2ccccc21. The Hall–Kier alpha value is -2.70. The maximum atomic E-state index is 12.8. The molecule has 0 bridgehead atoms. The highest BCUT2D eigenvalue weighted by Gasteiger charge is 2.20. The molecule has 1 aliphatic heterocycles. The van der Waals surface area contributed by atoms with Crippen molar-refractivity contribution in [3.05, 3.63) is 66.0 Å². The van der Waals surface area contributed by atoms with Gasteiger partial charge < -0.3 is 14.6 Å². The van der Waals surface area contributed by atoms with E-state index in [0.717, 1.165) is 55.3 Å². The van der Waals surface area contributed by atoms with Crippen LogP contribution in [0.3, 0.4) is 0 Å². The Balaban J connectivity index is 1.41. The number of hydrogen-bond acceptors (Lipinski definition) is 4. The average Bonchev–Trinajstić information content (AvgIpc) is 3.09. The highest BCUT2D eigenvalue weighted by Crippen LogP contribution is 2.17. The number of nitrogens with one attached hydrogen (secondary N) is 1. The standard InChI is InChI=1S/C23H28N4O2/c1-26-21-10-6-5-9-19(21)24-22(26)11-12-23(28)25-20(18-7-3-2-4-8-18)17-27-13-15-29-16-14-27/h2-10,20H,11-17H2,1H3,(H,25,28). The number of hydrogen-bond donors (Lipinski definition) is 1. The Morgan fingerprint density at radius 3 is 2.59 bits per heavy atom. The number of benzene rings is 2. The normalized spacial score (nSPS) is 16.0. The first-order chi connectivity index (χ1) is 14.2. The van der Waals surface area contributed by atoms with Gasteiger partial charge in [-0.15, -0.1) is 0 Å². The van der Waals surface area contributed by atoms with E-state index in [1.165, 1.54) is 0 Å². The van der Waals surface area contributed by atoms with Crippen LogP contribution in [-0.4, -0.2) is 53.2 Å². The number of amides is 1. The van der Waals surface area contributed by atoms with Crippen LogP contribution in [-0.2, 0) is 23.0 Å². The molecule has 1 saturated heterocycles. The molecular weight excluding hydrogens is 364 g/mol. The molecule has 1 N–H and O–H groups in total. The second-order valence-electron chi connectivity index (χ2n) is 7.52. The van der Waals surface area contributed by atoms with E-state index in [2.05, 4.69) is 38.0 Å². The number of fused-ring (bicyclic) bond motifs is 1. The van der Waals surface area contributed by atoms with Crippen molar-refractivity contribution in [2.45, 2.75) is 18.9 Å². The van der Waals surface area contributed by atoms with Gasteiger partial charge in [-0.05, 0) is 17.7 Å². The predicted octanol–water partition coefficient (Wildman–Crippen LogP) is 2.70. The maximum Gasteiger partial charge on any atom is 0.220 e. The zero-order valence-electron chi connectivity index (χ0n) is 16.9. The van der Waals surface area contributed by atoms with Gasteiger partial charge in [-0.25, -0.2) is 4.98 Å². The maximum absolute atomic E-state index is 12.8. The van der Waals surface area contributed by atoms with Gasteiger partial charge in [-0.1, -0.05) is 42.5 Å². The summed E-state index contributed by atoms with van der Waals surface area (Å²) in [4.78, 5) is 19.8. The Morgan fingerprint density at radius 1 is 1.10 bits per heavy atom. The average molecular weight is 393 g/mol. The molecule has 2 aromatic carbocycles. The minimum atomic E-state index is -0.0257. The lowest BCUT2D eigenvalue weighted by Crippen LogP contribution is -2.43. The van der Waals surface area contributed by atoms with Crippen molar-refractivity contribution in [2.24, 2.45) is 7.05 Å².